The van der Waals surface area contributed by atoms with Gasteiger partial charge in [0.1, 0.15) is 5.82 Å². The summed E-state index contributed by atoms with van der Waals surface area (Å²) in [6.45, 7) is 0.617. The lowest BCUT2D eigenvalue weighted by Crippen LogP contribution is -2.40. The number of ether oxygens (including phenoxy) is 1. The van der Waals surface area contributed by atoms with Gasteiger partial charge in [-0.1, -0.05) is 28.8 Å². The van der Waals surface area contributed by atoms with E-state index < -0.39 is 5.82 Å². The number of Topliss-reactive ketones (excluding diaryl/α,β-unsaturated/α-hetero) is 1. The highest BCUT2D eigenvalue weighted by atomic mass is 79.9. The van der Waals surface area contributed by atoms with E-state index in [2.05, 4.69) is 15.9 Å². The van der Waals surface area contributed by atoms with Crippen molar-refractivity contribution >= 4 is 21.7 Å². The van der Waals surface area contributed by atoms with Crippen molar-refractivity contribution < 1.29 is 13.9 Å². The number of carbonyl (C=O) groups is 1. The number of rotatable bonds is 2. The highest BCUT2D eigenvalue weighted by molar-refractivity contribution is 9.10. The number of hydrogen-bond acceptors (Lipinski definition) is 2. The molecule has 1 unspecified atom stereocenters. The maximum Gasteiger partial charge on any atom is 0.169 e. The second-order valence-corrected chi connectivity index (χ2v) is 6.83. The zero-order valence-electron chi connectivity index (χ0n) is 11.3. The second kappa shape index (κ2) is 5.57. The lowest BCUT2D eigenvalue weighted by atomic mass is 9.80. The molecule has 0 amide bonds. The first-order valence-corrected chi connectivity index (χ1v) is 8.02. The highest BCUT2D eigenvalue weighted by Crippen LogP contribution is 2.43. The van der Waals surface area contributed by atoms with E-state index in [4.69, 9.17) is 4.74 Å². The Balaban J connectivity index is 1.81. The highest BCUT2D eigenvalue weighted by Gasteiger charge is 2.42. The summed E-state index contributed by atoms with van der Waals surface area (Å²) in [6.07, 6.45) is 5.87. The Labute approximate surface area is 126 Å². The van der Waals surface area contributed by atoms with Crippen LogP contribution in [0.2, 0.25) is 0 Å². The quantitative estimate of drug-likeness (QED) is 0.740. The Morgan fingerprint density at radius 2 is 2.10 bits per heavy atom. The molecule has 2 aliphatic rings. The minimum atomic E-state index is -0.426. The van der Waals surface area contributed by atoms with E-state index in [0.717, 1.165) is 23.7 Å². The molecule has 0 N–H and O–H groups in total. The molecule has 3 rings (SSSR count). The molecule has 1 aliphatic carbocycles. The van der Waals surface area contributed by atoms with Gasteiger partial charge in [0, 0.05) is 17.0 Å². The van der Waals surface area contributed by atoms with Gasteiger partial charge in [0.25, 0.3) is 0 Å². The lowest BCUT2D eigenvalue weighted by Gasteiger charge is -2.37. The molecular weight excluding hydrogens is 323 g/mol. The number of benzene rings is 1. The first kappa shape index (κ1) is 14.2. The van der Waals surface area contributed by atoms with Gasteiger partial charge in [0.15, 0.2) is 5.78 Å². The predicted octanol–water partition coefficient (Wildman–Crippen LogP) is 4.51. The lowest BCUT2D eigenvalue weighted by molar-refractivity contribution is -0.0866. The van der Waals surface area contributed by atoms with Crippen LogP contribution in [0.3, 0.4) is 0 Å². The van der Waals surface area contributed by atoms with Crippen molar-refractivity contribution in [3.05, 3.63) is 34.1 Å². The summed E-state index contributed by atoms with van der Waals surface area (Å²) >= 11 is 3.30. The molecule has 1 saturated carbocycles. The predicted molar refractivity (Wildman–Crippen MR) is 78.3 cm³/mol. The third-order valence-corrected chi connectivity index (χ3v) is 5.07. The molecule has 0 radical (unpaired) electrons. The molecule has 1 heterocycles. The molecule has 0 bridgehead atoms. The molecule has 20 heavy (non-hydrogen) atoms. The fourth-order valence-corrected chi connectivity index (χ4v) is 3.89. The van der Waals surface area contributed by atoms with Crippen molar-refractivity contribution in [2.75, 3.05) is 6.61 Å². The molecule has 4 heteroatoms. The molecule has 1 aromatic rings. The van der Waals surface area contributed by atoms with E-state index in [1.807, 2.05) is 0 Å². The first-order valence-electron chi connectivity index (χ1n) is 7.23. The molecule has 1 saturated heterocycles. The van der Waals surface area contributed by atoms with Crippen LogP contribution >= 0.6 is 15.9 Å². The molecule has 108 valence electrons. The monoisotopic (exact) mass is 340 g/mol. The van der Waals surface area contributed by atoms with E-state index in [0.29, 0.717) is 13.0 Å². The summed E-state index contributed by atoms with van der Waals surface area (Å²) in [4.78, 5) is 12.6. The second-order valence-electron chi connectivity index (χ2n) is 5.92. The SMILES string of the molecule is O=C(c1cc(Br)ccc1F)C1CCOC2(CCCC2)C1. The van der Waals surface area contributed by atoms with Crippen LogP contribution < -0.4 is 0 Å². The van der Waals surface area contributed by atoms with Gasteiger partial charge in [-0.25, -0.2) is 4.39 Å². The zero-order valence-corrected chi connectivity index (χ0v) is 12.9. The maximum absolute atomic E-state index is 13.9. The third-order valence-electron chi connectivity index (χ3n) is 4.57. The normalized spacial score (nSPS) is 25.0. The summed E-state index contributed by atoms with van der Waals surface area (Å²) in [5.74, 6) is -0.603. The molecule has 0 aromatic heterocycles. The molecular formula is C16H18BrFO2. The number of carbonyl (C=O) groups excluding carboxylic acids is 1. The Bertz CT molecular complexity index is 523. The third kappa shape index (κ3) is 2.68. The van der Waals surface area contributed by atoms with Crippen LogP contribution in [0.15, 0.2) is 22.7 Å². The van der Waals surface area contributed by atoms with E-state index in [1.54, 1.807) is 12.1 Å². The fourth-order valence-electron chi connectivity index (χ4n) is 3.53. The molecule has 2 fully saturated rings. The molecule has 2 nitrogen and oxygen atoms in total. The Hall–Kier alpha value is -0.740. The van der Waals surface area contributed by atoms with Crippen LogP contribution in [0.25, 0.3) is 0 Å². The Kier molecular flexibility index (Phi) is 3.95. The van der Waals surface area contributed by atoms with Gasteiger partial charge in [0.05, 0.1) is 11.2 Å². The van der Waals surface area contributed by atoms with Crippen molar-refractivity contribution in [3.63, 3.8) is 0 Å². The van der Waals surface area contributed by atoms with Crippen LogP contribution in [-0.4, -0.2) is 18.0 Å². The van der Waals surface area contributed by atoms with E-state index in [9.17, 15) is 9.18 Å². The Morgan fingerprint density at radius 3 is 2.85 bits per heavy atom. The average molecular weight is 341 g/mol. The van der Waals surface area contributed by atoms with Crippen LogP contribution in [0.5, 0.6) is 0 Å². The van der Waals surface area contributed by atoms with Gasteiger partial charge in [-0.05, 0) is 43.9 Å². The average Bonchev–Trinajstić information content (AvgIpc) is 2.88. The first-order chi connectivity index (χ1) is 9.60. The van der Waals surface area contributed by atoms with E-state index in [-0.39, 0.29) is 22.9 Å². The van der Waals surface area contributed by atoms with Gasteiger partial charge < -0.3 is 4.74 Å². The zero-order chi connectivity index (χ0) is 14.2. The maximum atomic E-state index is 13.9. The molecule has 1 spiro atoms. The minimum absolute atomic E-state index is 0.0709. The van der Waals surface area contributed by atoms with Crippen molar-refractivity contribution in [2.24, 2.45) is 5.92 Å². The van der Waals surface area contributed by atoms with E-state index >= 15 is 0 Å². The summed E-state index contributed by atoms with van der Waals surface area (Å²) in [5.41, 5.74) is 0.0977. The van der Waals surface area contributed by atoms with Crippen LogP contribution in [0.1, 0.15) is 48.9 Å². The molecule has 1 aromatic carbocycles. The summed E-state index contributed by atoms with van der Waals surface area (Å²) < 4.78 is 20.6. The topological polar surface area (TPSA) is 26.3 Å². The van der Waals surface area contributed by atoms with Crippen LogP contribution in [0, 0.1) is 11.7 Å². The van der Waals surface area contributed by atoms with Gasteiger partial charge >= 0.3 is 0 Å². The largest absolute Gasteiger partial charge is 0.375 e. The summed E-state index contributed by atoms with van der Waals surface area (Å²) in [5, 5.41) is 0. The van der Waals surface area contributed by atoms with Gasteiger partial charge in [-0.3, -0.25) is 4.79 Å². The smallest absolute Gasteiger partial charge is 0.169 e. The van der Waals surface area contributed by atoms with Crippen molar-refractivity contribution in [1.29, 1.82) is 0 Å². The van der Waals surface area contributed by atoms with Crippen molar-refractivity contribution in [3.8, 4) is 0 Å². The number of hydrogen-bond donors (Lipinski definition) is 0. The standard InChI is InChI=1S/C16H18BrFO2/c17-12-3-4-14(18)13(9-12)15(19)11-5-8-20-16(10-11)6-1-2-7-16/h3-4,9,11H,1-2,5-8,10H2. The summed E-state index contributed by atoms with van der Waals surface area (Å²) in [7, 11) is 0. The van der Waals surface area contributed by atoms with Crippen LogP contribution in [-0.2, 0) is 4.74 Å². The van der Waals surface area contributed by atoms with Crippen LogP contribution in [0.4, 0.5) is 4.39 Å². The summed E-state index contributed by atoms with van der Waals surface area (Å²) in [6, 6.07) is 4.56. The molecule has 1 aliphatic heterocycles. The fraction of sp³-hybridized carbons (Fsp3) is 0.562. The van der Waals surface area contributed by atoms with E-state index in [1.165, 1.54) is 18.9 Å². The Morgan fingerprint density at radius 1 is 1.35 bits per heavy atom. The minimum Gasteiger partial charge on any atom is -0.375 e. The van der Waals surface area contributed by atoms with Gasteiger partial charge in [-0.2, -0.15) is 0 Å². The van der Waals surface area contributed by atoms with Crippen molar-refractivity contribution in [1.82, 2.24) is 0 Å². The number of halogens is 2. The van der Waals surface area contributed by atoms with Crippen molar-refractivity contribution in [2.45, 2.75) is 44.1 Å². The van der Waals surface area contributed by atoms with Gasteiger partial charge in [-0.15, -0.1) is 0 Å². The van der Waals surface area contributed by atoms with Gasteiger partial charge in [0.2, 0.25) is 0 Å². The number of ketones is 1. The molecule has 1 atom stereocenters.